The molecule has 6 nitrogen and oxygen atoms in total. The van der Waals surface area contributed by atoms with Crippen LogP contribution in [0.2, 0.25) is 0 Å². The van der Waals surface area contributed by atoms with E-state index in [1.54, 1.807) is 6.20 Å². The van der Waals surface area contributed by atoms with Crippen LogP contribution in [0.3, 0.4) is 0 Å². The van der Waals surface area contributed by atoms with Crippen molar-refractivity contribution in [1.29, 1.82) is 0 Å². The molecule has 0 bridgehead atoms. The summed E-state index contributed by atoms with van der Waals surface area (Å²) in [5, 5.41) is 3.29. The lowest BCUT2D eigenvalue weighted by atomic mass is 10.2. The third-order valence-electron chi connectivity index (χ3n) is 5.94. The molecule has 6 heteroatoms. The Morgan fingerprint density at radius 3 is 2.55 bits per heavy atom. The van der Waals surface area contributed by atoms with Crippen molar-refractivity contribution in [3.63, 3.8) is 0 Å². The second-order valence-corrected chi connectivity index (χ2v) is 7.94. The average molecular weight is 412 g/mol. The summed E-state index contributed by atoms with van der Waals surface area (Å²) in [6, 6.07) is 19.7. The second-order valence-electron chi connectivity index (χ2n) is 7.94. The van der Waals surface area contributed by atoms with Gasteiger partial charge in [0.05, 0.1) is 5.56 Å². The SMILES string of the molecule is O=C1CCCN1c1ccc(CNc2ccc(C(=O)N3CCc4ccccc43)cn2)cc1. The Kier molecular flexibility index (Phi) is 5.12. The molecule has 0 unspecified atom stereocenters. The minimum atomic E-state index is -0.0175. The lowest BCUT2D eigenvalue weighted by Gasteiger charge is -2.17. The zero-order valence-corrected chi connectivity index (χ0v) is 17.3. The largest absolute Gasteiger partial charge is 0.366 e. The Bertz CT molecular complexity index is 1110. The molecule has 2 aromatic carbocycles. The number of anilines is 3. The molecule has 2 aliphatic heterocycles. The molecule has 0 aliphatic carbocycles. The molecule has 3 heterocycles. The van der Waals surface area contributed by atoms with E-state index in [2.05, 4.69) is 16.4 Å². The van der Waals surface area contributed by atoms with E-state index >= 15 is 0 Å². The van der Waals surface area contributed by atoms with Gasteiger partial charge in [-0.15, -0.1) is 0 Å². The average Bonchev–Trinajstić information content (AvgIpc) is 3.44. The van der Waals surface area contributed by atoms with Crippen LogP contribution in [-0.2, 0) is 17.8 Å². The van der Waals surface area contributed by atoms with Crippen LogP contribution >= 0.6 is 0 Å². The predicted molar refractivity (Wildman–Crippen MR) is 121 cm³/mol. The van der Waals surface area contributed by atoms with Crippen molar-refractivity contribution in [3.8, 4) is 0 Å². The van der Waals surface area contributed by atoms with E-state index in [1.807, 2.05) is 64.4 Å². The van der Waals surface area contributed by atoms with Gasteiger partial charge in [0.15, 0.2) is 0 Å². The van der Waals surface area contributed by atoms with E-state index in [-0.39, 0.29) is 11.8 Å². The first-order valence-electron chi connectivity index (χ1n) is 10.7. The maximum atomic E-state index is 12.9. The summed E-state index contributed by atoms with van der Waals surface area (Å²) in [5.74, 6) is 0.898. The molecule has 0 atom stereocenters. The second kappa shape index (κ2) is 8.22. The van der Waals surface area contributed by atoms with Crippen molar-refractivity contribution in [3.05, 3.63) is 83.6 Å². The fraction of sp³-hybridized carbons (Fsp3) is 0.240. The summed E-state index contributed by atoms with van der Waals surface area (Å²) in [7, 11) is 0. The number of benzene rings is 2. The third-order valence-corrected chi connectivity index (χ3v) is 5.94. The van der Waals surface area contributed by atoms with E-state index in [0.29, 0.717) is 25.1 Å². The van der Waals surface area contributed by atoms with Gasteiger partial charge in [0.2, 0.25) is 5.91 Å². The maximum absolute atomic E-state index is 12.9. The first-order valence-corrected chi connectivity index (χ1v) is 10.7. The van der Waals surface area contributed by atoms with E-state index in [1.165, 1.54) is 5.56 Å². The first-order chi connectivity index (χ1) is 15.2. The van der Waals surface area contributed by atoms with Gasteiger partial charge >= 0.3 is 0 Å². The molecule has 31 heavy (non-hydrogen) atoms. The summed E-state index contributed by atoms with van der Waals surface area (Å²) in [6.45, 7) is 2.12. The fourth-order valence-electron chi connectivity index (χ4n) is 4.24. The van der Waals surface area contributed by atoms with Gasteiger partial charge in [-0.3, -0.25) is 9.59 Å². The third kappa shape index (κ3) is 3.89. The number of hydrogen-bond donors (Lipinski definition) is 1. The van der Waals surface area contributed by atoms with Gasteiger partial charge in [-0.2, -0.15) is 0 Å². The van der Waals surface area contributed by atoms with Gasteiger partial charge in [-0.05, 0) is 54.3 Å². The van der Waals surface area contributed by atoms with Gasteiger partial charge in [0.1, 0.15) is 5.82 Å². The molecule has 0 radical (unpaired) electrons. The number of pyridine rings is 1. The van der Waals surface area contributed by atoms with Crippen molar-refractivity contribution in [2.75, 3.05) is 28.2 Å². The number of aromatic nitrogens is 1. The Hall–Kier alpha value is -3.67. The Labute approximate surface area is 181 Å². The van der Waals surface area contributed by atoms with E-state index < -0.39 is 0 Å². The molecule has 156 valence electrons. The molecule has 1 aromatic heterocycles. The number of nitrogens with zero attached hydrogens (tertiary/aromatic N) is 3. The molecule has 2 amide bonds. The lowest BCUT2D eigenvalue weighted by molar-refractivity contribution is -0.117. The first kappa shape index (κ1) is 19.3. The summed E-state index contributed by atoms with van der Waals surface area (Å²) < 4.78 is 0. The lowest BCUT2D eigenvalue weighted by Crippen LogP contribution is -2.28. The Balaban J connectivity index is 1.20. The smallest absolute Gasteiger partial charge is 0.259 e. The number of carbonyl (C=O) groups is 2. The van der Waals surface area contributed by atoms with E-state index in [4.69, 9.17) is 0 Å². The minimum Gasteiger partial charge on any atom is -0.366 e. The molecular weight excluding hydrogens is 388 g/mol. The predicted octanol–water partition coefficient (Wildman–Crippen LogP) is 4.02. The van der Waals surface area contributed by atoms with Crippen LogP contribution < -0.4 is 15.1 Å². The highest BCUT2D eigenvalue weighted by Crippen LogP contribution is 2.29. The van der Waals surface area contributed by atoms with Crippen molar-refractivity contribution in [1.82, 2.24) is 4.98 Å². The van der Waals surface area contributed by atoms with Crippen molar-refractivity contribution in [2.45, 2.75) is 25.8 Å². The standard InChI is InChI=1S/C25H24N4O2/c30-24-6-3-14-28(24)21-10-7-18(8-11-21)16-26-23-12-9-20(17-27-23)25(31)29-15-13-19-4-1-2-5-22(19)29/h1-2,4-5,7-12,17H,3,6,13-16H2,(H,26,27). The normalized spacial score (nSPS) is 15.3. The monoisotopic (exact) mass is 412 g/mol. The molecule has 3 aromatic rings. The molecule has 5 rings (SSSR count). The van der Waals surface area contributed by atoms with Crippen LogP contribution in [0.1, 0.15) is 34.3 Å². The van der Waals surface area contributed by atoms with Gasteiger partial charge in [-0.25, -0.2) is 4.98 Å². The maximum Gasteiger partial charge on any atom is 0.259 e. The van der Waals surface area contributed by atoms with Crippen molar-refractivity contribution >= 4 is 29.0 Å². The Morgan fingerprint density at radius 1 is 0.968 bits per heavy atom. The zero-order chi connectivity index (χ0) is 21.2. The molecule has 1 N–H and O–H groups in total. The van der Waals surface area contributed by atoms with E-state index in [0.717, 1.165) is 42.1 Å². The molecule has 0 spiro atoms. The van der Waals surface area contributed by atoms with Crippen LogP contribution in [-0.4, -0.2) is 29.9 Å². The van der Waals surface area contributed by atoms with Gasteiger partial charge in [0, 0.05) is 43.6 Å². The number of para-hydroxylation sites is 1. The fourth-order valence-corrected chi connectivity index (χ4v) is 4.24. The topological polar surface area (TPSA) is 65.5 Å². The van der Waals surface area contributed by atoms with Crippen LogP contribution in [0.5, 0.6) is 0 Å². The Morgan fingerprint density at radius 2 is 1.81 bits per heavy atom. The van der Waals surface area contributed by atoms with E-state index in [9.17, 15) is 9.59 Å². The molecule has 2 aliphatic rings. The molecule has 1 fully saturated rings. The van der Waals surface area contributed by atoms with Gasteiger partial charge in [-0.1, -0.05) is 30.3 Å². The minimum absolute atomic E-state index is 0.0175. The highest BCUT2D eigenvalue weighted by atomic mass is 16.2. The van der Waals surface area contributed by atoms with Gasteiger partial charge < -0.3 is 15.1 Å². The molecular formula is C25H24N4O2. The number of hydrogen-bond acceptors (Lipinski definition) is 4. The summed E-state index contributed by atoms with van der Waals surface area (Å²) in [5.41, 5.74) is 4.85. The van der Waals surface area contributed by atoms with Crippen LogP contribution in [0.4, 0.5) is 17.2 Å². The van der Waals surface area contributed by atoms with Crippen LogP contribution in [0, 0.1) is 0 Å². The number of fused-ring (bicyclic) bond motifs is 1. The quantitative estimate of drug-likeness (QED) is 0.687. The zero-order valence-electron chi connectivity index (χ0n) is 17.3. The summed E-state index contributed by atoms with van der Waals surface area (Å²) in [6.07, 6.45) is 4.09. The summed E-state index contributed by atoms with van der Waals surface area (Å²) >= 11 is 0. The molecule has 0 saturated carbocycles. The number of amides is 2. The van der Waals surface area contributed by atoms with Crippen LogP contribution in [0.15, 0.2) is 66.9 Å². The highest BCUT2D eigenvalue weighted by molar-refractivity contribution is 6.07. The number of carbonyl (C=O) groups excluding carboxylic acids is 2. The van der Waals surface area contributed by atoms with Gasteiger partial charge in [0.25, 0.3) is 5.91 Å². The summed E-state index contributed by atoms with van der Waals surface area (Å²) in [4.78, 5) is 32.9. The number of rotatable bonds is 5. The van der Waals surface area contributed by atoms with Crippen molar-refractivity contribution in [2.24, 2.45) is 0 Å². The van der Waals surface area contributed by atoms with Crippen LogP contribution in [0.25, 0.3) is 0 Å². The molecule has 1 saturated heterocycles. The van der Waals surface area contributed by atoms with Crippen molar-refractivity contribution < 1.29 is 9.59 Å². The highest BCUT2D eigenvalue weighted by Gasteiger charge is 2.25. The number of nitrogens with one attached hydrogen (secondary N) is 1.